The Labute approximate surface area is 125 Å². The number of aliphatic hydroxyl groups is 1. The minimum absolute atomic E-state index is 0.00579. The number of hydrogen-bond donors (Lipinski definition) is 3. The molecule has 3 atom stereocenters. The number of thioether (sulfide) groups is 1. The van der Waals surface area contributed by atoms with E-state index in [9.17, 15) is 14.3 Å². The number of nitrogens with zero attached hydrogens (tertiary/aromatic N) is 1. The Balaban J connectivity index is 2.08. The molecule has 1 aromatic carbocycles. The lowest BCUT2D eigenvalue weighted by Crippen LogP contribution is -2.40. The van der Waals surface area contributed by atoms with E-state index in [1.807, 2.05) is 0 Å². The molecule has 0 bridgehead atoms. The number of hydrogen-bond acceptors (Lipinski definition) is 4. The van der Waals surface area contributed by atoms with Crippen LogP contribution >= 0.6 is 11.8 Å². The normalized spacial score (nSPS) is 31.4. The Morgan fingerprint density at radius 3 is 2.95 bits per heavy atom. The molecule has 7 heteroatoms. The number of rotatable bonds is 1. The molecule has 1 aliphatic heterocycles. The van der Waals surface area contributed by atoms with Crippen molar-refractivity contribution in [3.63, 3.8) is 0 Å². The molecule has 2 aliphatic rings. The summed E-state index contributed by atoms with van der Waals surface area (Å²) in [5.41, 5.74) is -0.454. The molecular weight excluding hydrogens is 295 g/mol. The molecule has 112 valence electrons. The predicted octanol–water partition coefficient (Wildman–Crippen LogP) is 2.16. The van der Waals surface area contributed by atoms with Crippen molar-refractivity contribution >= 4 is 23.0 Å². The molecule has 1 aromatic rings. The molecule has 1 aliphatic carbocycles. The van der Waals surface area contributed by atoms with Gasteiger partial charge in [-0.05, 0) is 12.5 Å². The zero-order valence-electron chi connectivity index (χ0n) is 11.1. The molecule has 1 saturated carbocycles. The van der Waals surface area contributed by atoms with Crippen LogP contribution in [0.5, 0.6) is 0 Å². The molecule has 1 fully saturated rings. The van der Waals surface area contributed by atoms with E-state index in [1.165, 1.54) is 17.8 Å². The summed E-state index contributed by atoms with van der Waals surface area (Å²) < 4.78 is 14.2. The van der Waals surface area contributed by atoms with Gasteiger partial charge in [0.25, 0.3) is 0 Å². The average molecular weight is 310 g/mol. The van der Waals surface area contributed by atoms with Gasteiger partial charge in [-0.3, -0.25) is 10.3 Å². The first-order valence-electron chi connectivity index (χ1n) is 6.67. The van der Waals surface area contributed by atoms with Gasteiger partial charge in [-0.2, -0.15) is 0 Å². The van der Waals surface area contributed by atoms with Gasteiger partial charge in [-0.15, -0.1) is 0 Å². The summed E-state index contributed by atoms with van der Waals surface area (Å²) in [7, 11) is 0. The second-order valence-corrected chi connectivity index (χ2v) is 6.36. The lowest BCUT2D eigenvalue weighted by Gasteiger charge is -2.36. The van der Waals surface area contributed by atoms with Crippen molar-refractivity contribution in [3.8, 4) is 0 Å². The number of benzene rings is 1. The van der Waals surface area contributed by atoms with Crippen LogP contribution in [0, 0.1) is 11.7 Å². The fourth-order valence-electron chi connectivity index (χ4n) is 3.23. The summed E-state index contributed by atoms with van der Waals surface area (Å²) in [6.07, 6.45) is -0.889. The van der Waals surface area contributed by atoms with E-state index >= 15 is 0 Å². The van der Waals surface area contributed by atoms with Gasteiger partial charge in [-0.25, -0.2) is 9.18 Å². The van der Waals surface area contributed by atoms with E-state index in [-0.39, 0.29) is 16.9 Å². The second kappa shape index (κ2) is 5.31. The van der Waals surface area contributed by atoms with Gasteiger partial charge >= 0.3 is 6.09 Å². The van der Waals surface area contributed by atoms with Crippen LogP contribution < -0.4 is 5.32 Å². The first-order valence-corrected chi connectivity index (χ1v) is 7.65. The smallest absolute Gasteiger partial charge is 0.410 e. The van der Waals surface area contributed by atoms with E-state index in [0.717, 1.165) is 0 Å². The van der Waals surface area contributed by atoms with Gasteiger partial charge in [0.2, 0.25) is 0 Å². The van der Waals surface area contributed by atoms with Crippen molar-refractivity contribution in [3.05, 3.63) is 35.6 Å². The molecule has 0 spiro atoms. The van der Waals surface area contributed by atoms with Gasteiger partial charge in [0.15, 0.2) is 5.17 Å². The van der Waals surface area contributed by atoms with Crippen molar-refractivity contribution in [2.24, 2.45) is 10.9 Å². The lowest BCUT2D eigenvalue weighted by atomic mass is 9.81. The molecule has 0 unspecified atom stereocenters. The van der Waals surface area contributed by atoms with E-state index < -0.39 is 17.7 Å². The quantitative estimate of drug-likeness (QED) is 0.742. The van der Waals surface area contributed by atoms with Crippen LogP contribution in [0.25, 0.3) is 0 Å². The molecule has 3 rings (SSSR count). The Morgan fingerprint density at radius 2 is 2.24 bits per heavy atom. The number of aliphatic imine (C=N–C) groups is 1. The van der Waals surface area contributed by atoms with Crippen molar-refractivity contribution in [2.75, 3.05) is 5.75 Å². The predicted molar refractivity (Wildman–Crippen MR) is 77.9 cm³/mol. The number of nitrogens with one attached hydrogen (secondary N) is 1. The van der Waals surface area contributed by atoms with Crippen LogP contribution in [0.4, 0.5) is 9.18 Å². The maximum absolute atomic E-state index is 14.2. The number of amidine groups is 1. The van der Waals surface area contributed by atoms with Gasteiger partial charge in [0.05, 0.1) is 11.6 Å². The maximum Gasteiger partial charge on any atom is 0.410 e. The number of carbonyl (C=O) groups is 1. The summed E-state index contributed by atoms with van der Waals surface area (Å²) >= 11 is 1.29. The van der Waals surface area contributed by atoms with Crippen molar-refractivity contribution in [2.45, 2.75) is 24.5 Å². The summed E-state index contributed by atoms with van der Waals surface area (Å²) in [5.74, 6) is 0.223. The fraction of sp³-hybridized carbons (Fsp3) is 0.429. The van der Waals surface area contributed by atoms with Crippen LogP contribution in [-0.4, -0.2) is 33.3 Å². The zero-order valence-corrected chi connectivity index (χ0v) is 11.9. The standard InChI is InChI=1S/C14H15FN2O3S/c15-11-4-2-1-3-10(11)14-6-9(18)5-8(14)7-21-12(17-14)16-13(19)20/h1-4,8-9,18H,5-7H2,(H,16,17)(H,19,20)/t8-,9+,14-/m0/s1. The fourth-order valence-corrected chi connectivity index (χ4v) is 4.38. The van der Waals surface area contributed by atoms with Crippen molar-refractivity contribution in [1.82, 2.24) is 5.32 Å². The molecule has 5 nitrogen and oxygen atoms in total. The summed E-state index contributed by atoms with van der Waals surface area (Å²) in [5, 5.41) is 21.4. The molecular formula is C14H15FN2O3S. The number of carboxylic acid groups (broad SMARTS) is 1. The summed E-state index contributed by atoms with van der Waals surface area (Å²) in [6, 6.07) is 6.37. The van der Waals surface area contributed by atoms with E-state index in [0.29, 0.717) is 24.2 Å². The van der Waals surface area contributed by atoms with Gasteiger partial charge in [0.1, 0.15) is 5.82 Å². The van der Waals surface area contributed by atoms with Crippen LogP contribution in [0.2, 0.25) is 0 Å². The third-order valence-electron chi connectivity index (χ3n) is 4.06. The second-order valence-electron chi connectivity index (χ2n) is 5.35. The highest BCUT2D eigenvalue weighted by molar-refractivity contribution is 8.13. The topological polar surface area (TPSA) is 81.9 Å². The molecule has 3 N–H and O–H groups in total. The Bertz CT molecular complexity index is 610. The number of amides is 1. The molecule has 0 radical (unpaired) electrons. The number of fused-ring (bicyclic) bond motifs is 1. The lowest BCUT2D eigenvalue weighted by molar-refractivity contribution is 0.173. The number of aliphatic hydroxyl groups excluding tert-OH is 1. The molecule has 1 amide bonds. The van der Waals surface area contributed by atoms with Gasteiger partial charge < -0.3 is 10.2 Å². The van der Waals surface area contributed by atoms with E-state index in [2.05, 4.69) is 10.3 Å². The maximum atomic E-state index is 14.2. The molecule has 0 saturated heterocycles. The van der Waals surface area contributed by atoms with Crippen molar-refractivity contribution in [1.29, 1.82) is 0 Å². The van der Waals surface area contributed by atoms with Crippen molar-refractivity contribution < 1.29 is 19.4 Å². The highest BCUT2D eigenvalue weighted by atomic mass is 32.2. The Hall–Kier alpha value is -1.60. The SMILES string of the molecule is O=C(O)NC1=N[C@@]2(c3ccccc3F)C[C@H](O)C[C@H]2CS1. The Kier molecular flexibility index (Phi) is 3.62. The third-order valence-corrected chi connectivity index (χ3v) is 5.09. The van der Waals surface area contributed by atoms with Crippen LogP contribution in [0.15, 0.2) is 29.3 Å². The molecule has 1 heterocycles. The van der Waals surface area contributed by atoms with Gasteiger partial charge in [0, 0.05) is 23.7 Å². The van der Waals surface area contributed by atoms with Crippen LogP contribution in [-0.2, 0) is 5.54 Å². The largest absolute Gasteiger partial charge is 0.465 e. The van der Waals surface area contributed by atoms with Crippen LogP contribution in [0.1, 0.15) is 18.4 Å². The summed E-state index contributed by atoms with van der Waals surface area (Å²) in [4.78, 5) is 15.3. The monoisotopic (exact) mass is 310 g/mol. The average Bonchev–Trinajstić information content (AvgIpc) is 2.74. The molecule has 21 heavy (non-hydrogen) atoms. The molecule has 0 aromatic heterocycles. The highest BCUT2D eigenvalue weighted by Gasteiger charge is 2.51. The Morgan fingerprint density at radius 1 is 1.48 bits per heavy atom. The first kappa shape index (κ1) is 14.3. The first-order chi connectivity index (χ1) is 10.0. The van der Waals surface area contributed by atoms with E-state index in [1.54, 1.807) is 18.2 Å². The highest BCUT2D eigenvalue weighted by Crippen LogP contribution is 2.51. The minimum atomic E-state index is -1.19. The number of halogens is 1. The minimum Gasteiger partial charge on any atom is -0.465 e. The van der Waals surface area contributed by atoms with E-state index in [4.69, 9.17) is 5.11 Å². The van der Waals surface area contributed by atoms with Crippen LogP contribution in [0.3, 0.4) is 0 Å². The zero-order chi connectivity index (χ0) is 15.0. The van der Waals surface area contributed by atoms with Gasteiger partial charge in [-0.1, -0.05) is 30.0 Å². The third kappa shape index (κ3) is 2.51. The summed E-state index contributed by atoms with van der Waals surface area (Å²) in [6.45, 7) is 0.